The second-order valence-electron chi connectivity index (χ2n) is 4.34. The highest BCUT2D eigenvalue weighted by Gasteiger charge is 2.31. The molecule has 0 bridgehead atoms. The van der Waals surface area contributed by atoms with Crippen LogP contribution in [0.25, 0.3) is 0 Å². The molecule has 0 saturated heterocycles. The van der Waals surface area contributed by atoms with Crippen LogP contribution in [0.1, 0.15) is 36.9 Å². The number of rotatable bonds is 5. The van der Waals surface area contributed by atoms with Gasteiger partial charge in [0, 0.05) is 17.5 Å². The Kier molecular flexibility index (Phi) is 4.55. The fourth-order valence-corrected chi connectivity index (χ4v) is 2.58. The molecule has 17 heavy (non-hydrogen) atoms. The van der Waals surface area contributed by atoms with Crippen molar-refractivity contribution in [1.29, 1.82) is 0 Å². The number of halogens is 3. The van der Waals surface area contributed by atoms with E-state index in [2.05, 4.69) is 10.3 Å². The van der Waals surface area contributed by atoms with Gasteiger partial charge in [0.1, 0.15) is 5.01 Å². The van der Waals surface area contributed by atoms with Crippen molar-refractivity contribution in [1.82, 2.24) is 10.3 Å². The third-order valence-corrected chi connectivity index (χ3v) is 4.00. The SMILES string of the molecule is CNC(C)(CCCC(F)(F)F)c1nc(C)cs1. The van der Waals surface area contributed by atoms with Crippen molar-refractivity contribution >= 4 is 11.3 Å². The Hall–Kier alpha value is -0.620. The molecule has 2 nitrogen and oxygen atoms in total. The van der Waals surface area contributed by atoms with Gasteiger partial charge in [-0.2, -0.15) is 13.2 Å². The summed E-state index contributed by atoms with van der Waals surface area (Å²) in [6, 6.07) is 0. The maximum absolute atomic E-state index is 12.1. The average molecular weight is 266 g/mol. The molecule has 0 aliphatic rings. The lowest BCUT2D eigenvalue weighted by Gasteiger charge is -2.27. The van der Waals surface area contributed by atoms with Crippen LogP contribution in [-0.4, -0.2) is 18.2 Å². The molecule has 0 amide bonds. The Labute approximate surface area is 103 Å². The molecule has 0 aromatic carbocycles. The third-order valence-electron chi connectivity index (χ3n) is 2.78. The first-order valence-electron chi connectivity index (χ1n) is 5.45. The number of alkyl halides is 3. The smallest absolute Gasteiger partial charge is 0.309 e. The lowest BCUT2D eigenvalue weighted by Crippen LogP contribution is -2.37. The summed E-state index contributed by atoms with van der Waals surface area (Å²) in [6.45, 7) is 3.77. The molecule has 1 atom stereocenters. The molecule has 0 aliphatic carbocycles. The molecule has 1 heterocycles. The topological polar surface area (TPSA) is 24.9 Å². The van der Waals surface area contributed by atoms with E-state index in [1.54, 1.807) is 7.05 Å². The standard InChI is InChI=1S/C11H17F3N2S/c1-8-7-17-9(16-8)10(2,15-3)5-4-6-11(12,13)14/h7,15H,4-6H2,1-3H3. The van der Waals surface area contributed by atoms with Crippen LogP contribution >= 0.6 is 11.3 Å². The fourth-order valence-electron chi connectivity index (χ4n) is 1.59. The van der Waals surface area contributed by atoms with Crippen LogP contribution in [0.15, 0.2) is 5.38 Å². The van der Waals surface area contributed by atoms with E-state index in [0.717, 1.165) is 10.7 Å². The third kappa shape index (κ3) is 4.27. The molecule has 0 radical (unpaired) electrons. The molecule has 6 heteroatoms. The summed E-state index contributed by atoms with van der Waals surface area (Å²) in [5.41, 5.74) is 0.437. The van der Waals surface area contributed by atoms with Crippen molar-refractivity contribution in [3.8, 4) is 0 Å². The Bertz CT molecular complexity index is 362. The van der Waals surface area contributed by atoms with Crippen LogP contribution in [0.2, 0.25) is 0 Å². The Balaban J connectivity index is 2.63. The van der Waals surface area contributed by atoms with Gasteiger partial charge in [0.2, 0.25) is 0 Å². The van der Waals surface area contributed by atoms with Crippen molar-refractivity contribution < 1.29 is 13.2 Å². The second kappa shape index (κ2) is 5.35. The summed E-state index contributed by atoms with van der Waals surface area (Å²) in [5.74, 6) is 0. The number of aromatic nitrogens is 1. The van der Waals surface area contributed by atoms with Gasteiger partial charge < -0.3 is 5.32 Å². The van der Waals surface area contributed by atoms with Crippen molar-refractivity contribution in [2.75, 3.05) is 7.05 Å². The molecular formula is C11H17F3N2S. The normalized spacial score (nSPS) is 15.9. The van der Waals surface area contributed by atoms with E-state index in [-0.39, 0.29) is 6.42 Å². The molecular weight excluding hydrogens is 249 g/mol. The van der Waals surface area contributed by atoms with Crippen molar-refractivity contribution in [2.24, 2.45) is 0 Å². The van der Waals surface area contributed by atoms with E-state index in [1.165, 1.54) is 11.3 Å². The van der Waals surface area contributed by atoms with Gasteiger partial charge in [-0.15, -0.1) is 11.3 Å². The lowest BCUT2D eigenvalue weighted by molar-refractivity contribution is -0.136. The summed E-state index contributed by atoms with van der Waals surface area (Å²) >= 11 is 1.48. The highest BCUT2D eigenvalue weighted by atomic mass is 32.1. The molecule has 1 aromatic heterocycles. The van der Waals surface area contributed by atoms with Gasteiger partial charge in [-0.3, -0.25) is 0 Å². The zero-order valence-corrected chi connectivity index (χ0v) is 11.0. The van der Waals surface area contributed by atoms with Crippen molar-refractivity contribution in [3.05, 3.63) is 16.1 Å². The van der Waals surface area contributed by atoms with Crippen molar-refractivity contribution in [3.63, 3.8) is 0 Å². The van der Waals surface area contributed by atoms with Crippen LogP contribution in [0.3, 0.4) is 0 Å². The minimum Gasteiger partial charge on any atom is -0.309 e. The average Bonchev–Trinajstić information content (AvgIpc) is 2.63. The first-order valence-corrected chi connectivity index (χ1v) is 6.33. The predicted molar refractivity (Wildman–Crippen MR) is 63.2 cm³/mol. The fraction of sp³-hybridized carbons (Fsp3) is 0.727. The van der Waals surface area contributed by atoms with E-state index in [4.69, 9.17) is 0 Å². The molecule has 98 valence electrons. The van der Waals surface area contributed by atoms with Crippen LogP contribution in [0.4, 0.5) is 13.2 Å². The van der Waals surface area contributed by atoms with Crippen LogP contribution in [0, 0.1) is 6.92 Å². The van der Waals surface area contributed by atoms with E-state index in [0.29, 0.717) is 6.42 Å². The van der Waals surface area contributed by atoms with E-state index >= 15 is 0 Å². The Morgan fingerprint density at radius 3 is 2.41 bits per heavy atom. The van der Waals surface area contributed by atoms with Gasteiger partial charge in [0.25, 0.3) is 0 Å². The predicted octanol–water partition coefficient (Wildman–Crippen LogP) is 3.62. The van der Waals surface area contributed by atoms with Gasteiger partial charge in [0.15, 0.2) is 0 Å². The molecule has 1 N–H and O–H groups in total. The zero-order valence-electron chi connectivity index (χ0n) is 10.2. The first-order chi connectivity index (χ1) is 7.77. The maximum atomic E-state index is 12.1. The number of hydrogen-bond donors (Lipinski definition) is 1. The van der Waals surface area contributed by atoms with Crippen LogP contribution in [0.5, 0.6) is 0 Å². The van der Waals surface area contributed by atoms with Gasteiger partial charge in [0.05, 0.1) is 5.54 Å². The van der Waals surface area contributed by atoms with E-state index in [1.807, 2.05) is 19.2 Å². The largest absolute Gasteiger partial charge is 0.389 e. The van der Waals surface area contributed by atoms with E-state index in [9.17, 15) is 13.2 Å². The Morgan fingerprint density at radius 1 is 1.35 bits per heavy atom. The van der Waals surface area contributed by atoms with Gasteiger partial charge >= 0.3 is 6.18 Å². The zero-order chi connectivity index (χ0) is 13.1. The quantitative estimate of drug-likeness (QED) is 0.880. The summed E-state index contributed by atoms with van der Waals surface area (Å²) in [4.78, 5) is 4.34. The summed E-state index contributed by atoms with van der Waals surface area (Å²) in [5, 5.41) is 5.83. The lowest BCUT2D eigenvalue weighted by atomic mass is 9.95. The maximum Gasteiger partial charge on any atom is 0.389 e. The molecule has 1 unspecified atom stereocenters. The van der Waals surface area contributed by atoms with Crippen LogP contribution in [-0.2, 0) is 5.54 Å². The number of hydrogen-bond acceptors (Lipinski definition) is 3. The minimum absolute atomic E-state index is 0.111. The number of aryl methyl sites for hydroxylation is 1. The number of thiazole rings is 1. The Morgan fingerprint density at radius 2 is 2.00 bits per heavy atom. The minimum atomic E-state index is -4.08. The molecule has 1 rings (SSSR count). The molecule has 0 saturated carbocycles. The molecule has 0 fully saturated rings. The first kappa shape index (κ1) is 14.4. The highest BCUT2D eigenvalue weighted by Crippen LogP contribution is 2.31. The monoisotopic (exact) mass is 266 g/mol. The number of nitrogens with zero attached hydrogens (tertiary/aromatic N) is 1. The number of nitrogens with one attached hydrogen (secondary N) is 1. The van der Waals surface area contributed by atoms with Gasteiger partial charge in [-0.25, -0.2) is 4.98 Å². The second-order valence-corrected chi connectivity index (χ2v) is 5.20. The highest BCUT2D eigenvalue weighted by molar-refractivity contribution is 7.09. The molecule has 0 spiro atoms. The van der Waals surface area contributed by atoms with Crippen molar-refractivity contribution in [2.45, 2.75) is 44.8 Å². The molecule has 1 aromatic rings. The summed E-state index contributed by atoms with van der Waals surface area (Å²) in [6.07, 6.45) is -4.28. The van der Waals surface area contributed by atoms with Gasteiger partial charge in [-0.1, -0.05) is 0 Å². The van der Waals surface area contributed by atoms with Gasteiger partial charge in [-0.05, 0) is 33.7 Å². The summed E-state index contributed by atoms with van der Waals surface area (Å²) in [7, 11) is 1.75. The molecule has 0 aliphatic heterocycles. The summed E-state index contributed by atoms with van der Waals surface area (Å²) < 4.78 is 36.3. The van der Waals surface area contributed by atoms with Crippen LogP contribution < -0.4 is 5.32 Å². The van der Waals surface area contributed by atoms with E-state index < -0.39 is 18.1 Å².